The molecule has 0 bridgehead atoms. The zero-order chi connectivity index (χ0) is 49.7. The quantitative estimate of drug-likeness (QED) is 0.152. The molecule has 0 N–H and O–H groups in total. The minimum Gasteiger partial charge on any atom is -0.456 e. The summed E-state index contributed by atoms with van der Waals surface area (Å²) in [5, 5.41) is 11.4. The maximum Gasteiger partial charge on any atom is 0.159 e. The average Bonchev–Trinajstić information content (AvgIpc) is 4.16. The van der Waals surface area contributed by atoms with Gasteiger partial charge in [-0.25, -0.2) is 0 Å². The normalized spacial score (nSPS) is 15.0. The molecular weight excluding hydrogens is 917 g/mol. The molecule has 2 fully saturated rings. The zero-order valence-electron chi connectivity index (χ0n) is 42.7. The molecule has 3 aromatic heterocycles. The van der Waals surface area contributed by atoms with Crippen molar-refractivity contribution >= 4 is 121 Å². The maximum atomic E-state index is 7.38. The predicted octanol–water partition coefficient (Wildman–Crippen LogP) is 21.3. The molecule has 75 heavy (non-hydrogen) atoms. The van der Waals surface area contributed by atoms with Crippen molar-refractivity contribution in [3.8, 4) is 0 Å². The average molecular weight is 975 g/mol. The summed E-state index contributed by atoms with van der Waals surface area (Å²) in [6.07, 6.45) is 12.6. The van der Waals surface area contributed by atoms with Crippen LogP contribution in [-0.2, 0) is 0 Å². The summed E-state index contributed by atoms with van der Waals surface area (Å²) >= 11 is 0. The van der Waals surface area contributed by atoms with Crippen molar-refractivity contribution < 1.29 is 13.3 Å². The van der Waals surface area contributed by atoms with Crippen molar-refractivity contribution in [1.82, 2.24) is 0 Å². The van der Waals surface area contributed by atoms with Crippen molar-refractivity contribution in [1.29, 1.82) is 0 Å². The second-order valence-corrected chi connectivity index (χ2v) is 21.7. The molecule has 5 nitrogen and oxygen atoms in total. The molecule has 2 aliphatic rings. The number of benzene rings is 10. The van der Waals surface area contributed by atoms with Crippen LogP contribution >= 0.6 is 0 Å². The molecule has 2 saturated carbocycles. The molecule has 10 aromatic carbocycles. The van der Waals surface area contributed by atoms with Crippen LogP contribution in [0.1, 0.15) is 98.3 Å². The van der Waals surface area contributed by atoms with E-state index < -0.39 is 0 Å². The molecule has 3 heterocycles. The molecule has 0 unspecified atom stereocenters. The third-order valence-corrected chi connectivity index (χ3v) is 17.1. The Kier molecular flexibility index (Phi) is 10.4. The fourth-order valence-electron chi connectivity index (χ4n) is 13.7. The molecule has 13 aromatic rings. The van der Waals surface area contributed by atoms with Gasteiger partial charge in [-0.05, 0) is 121 Å². The highest BCUT2D eigenvalue weighted by atomic mass is 16.3. The van der Waals surface area contributed by atoms with Crippen LogP contribution in [0.4, 0.5) is 34.1 Å². The second-order valence-electron chi connectivity index (χ2n) is 21.7. The van der Waals surface area contributed by atoms with Crippen LogP contribution in [-0.4, -0.2) is 0 Å². The lowest BCUT2D eigenvalue weighted by Crippen LogP contribution is -2.11. The van der Waals surface area contributed by atoms with Crippen molar-refractivity contribution in [2.45, 2.75) is 89.9 Å². The maximum absolute atomic E-state index is 7.38. The molecule has 15 rings (SSSR count). The lowest BCUT2D eigenvalue weighted by atomic mass is 9.83. The van der Waals surface area contributed by atoms with Crippen LogP contribution in [0.3, 0.4) is 0 Å². The van der Waals surface area contributed by atoms with E-state index in [1.807, 2.05) is 0 Å². The number of fused-ring (bicyclic) bond motifs is 13. The van der Waals surface area contributed by atoms with Crippen LogP contribution < -0.4 is 9.80 Å². The number of furan rings is 3. The van der Waals surface area contributed by atoms with Crippen molar-refractivity contribution in [3.05, 3.63) is 204 Å². The van der Waals surface area contributed by atoms with Crippen LogP contribution in [0, 0.1) is 13.8 Å². The van der Waals surface area contributed by atoms with Gasteiger partial charge in [0.05, 0.1) is 22.7 Å². The van der Waals surface area contributed by atoms with Gasteiger partial charge in [0.2, 0.25) is 0 Å². The SMILES string of the molecule is Cc1cccc(N(c2cc3oc4cc(N(c5cccc(C)c5)c5cccc6c5oc5c(C7CCCCC7)cccc56)c5ccccc5c4c3c3ccccc23)c2cccc3c2oc2c(C4CCCCC4)cccc23)c1. The topological polar surface area (TPSA) is 45.9 Å². The van der Waals surface area contributed by atoms with Gasteiger partial charge in [0.1, 0.15) is 22.3 Å². The van der Waals surface area contributed by atoms with Crippen LogP contribution in [0.25, 0.3) is 87.4 Å². The third kappa shape index (κ3) is 7.11. The van der Waals surface area contributed by atoms with E-state index in [0.29, 0.717) is 11.8 Å². The van der Waals surface area contributed by atoms with Gasteiger partial charge in [0.15, 0.2) is 11.2 Å². The Morgan fingerprint density at radius 2 is 0.693 bits per heavy atom. The van der Waals surface area contributed by atoms with E-state index in [2.05, 4.69) is 206 Å². The molecule has 0 atom stereocenters. The number of hydrogen-bond donors (Lipinski definition) is 0. The lowest BCUT2D eigenvalue weighted by Gasteiger charge is -2.27. The summed E-state index contributed by atoms with van der Waals surface area (Å²) in [6, 6.07) is 66.9. The molecule has 0 spiro atoms. The number of para-hydroxylation sites is 4. The summed E-state index contributed by atoms with van der Waals surface area (Å²) in [4.78, 5) is 4.81. The van der Waals surface area contributed by atoms with E-state index in [9.17, 15) is 0 Å². The Morgan fingerprint density at radius 1 is 0.320 bits per heavy atom. The number of anilines is 6. The van der Waals surface area contributed by atoms with E-state index in [-0.39, 0.29) is 0 Å². The Labute approximate surface area is 436 Å². The first-order valence-electron chi connectivity index (χ1n) is 27.5. The Bertz CT molecular complexity index is 4110. The zero-order valence-corrected chi connectivity index (χ0v) is 42.7. The number of nitrogens with zero attached hydrogens (tertiary/aromatic N) is 2. The molecule has 0 radical (unpaired) electrons. The molecular formula is C70H58N2O3. The lowest BCUT2D eigenvalue weighted by molar-refractivity contribution is 0.442. The minimum absolute atomic E-state index is 0.511. The summed E-state index contributed by atoms with van der Waals surface area (Å²) in [5.74, 6) is 1.02. The Hall–Kier alpha value is -8.28. The largest absolute Gasteiger partial charge is 0.456 e. The first-order chi connectivity index (χ1) is 37.0. The molecule has 0 aliphatic heterocycles. The van der Waals surface area contributed by atoms with Gasteiger partial charge in [0.25, 0.3) is 0 Å². The van der Waals surface area contributed by atoms with Crippen LogP contribution in [0.5, 0.6) is 0 Å². The second kappa shape index (κ2) is 17.7. The Morgan fingerprint density at radius 3 is 1.12 bits per heavy atom. The Balaban J connectivity index is 0.972. The van der Waals surface area contributed by atoms with Gasteiger partial charge in [-0.15, -0.1) is 0 Å². The smallest absolute Gasteiger partial charge is 0.159 e. The summed E-state index contributed by atoms with van der Waals surface area (Å²) in [7, 11) is 0. The third-order valence-electron chi connectivity index (χ3n) is 17.1. The monoisotopic (exact) mass is 974 g/mol. The van der Waals surface area contributed by atoms with Gasteiger partial charge in [-0.1, -0.05) is 172 Å². The van der Waals surface area contributed by atoms with Gasteiger partial charge in [-0.3, -0.25) is 0 Å². The fraction of sp³-hybridized carbons (Fsp3) is 0.200. The van der Waals surface area contributed by atoms with Crippen molar-refractivity contribution in [3.63, 3.8) is 0 Å². The van der Waals surface area contributed by atoms with Gasteiger partial charge in [0, 0.05) is 66.6 Å². The standard InChI is InChI=1S/C70H58N2O3/c1-43-19-13-25-47(39-43)71(59-37-17-35-57-55-33-15-31-49(67(55)74-69(57)59)45-21-5-3-6-22-45)61-41-63-65(53-29-11-9-27-51(53)61)66-54-30-12-10-28-52(54)62(42-64(66)73-63)72(48-26-14-20-44(2)40-48)60-38-18-36-58-56-34-16-32-50(68(56)75-70(58)60)46-23-7-4-8-24-46/h9-20,25-42,45-46H,3-8,21-24H2,1-2H3. The summed E-state index contributed by atoms with van der Waals surface area (Å²) in [5.41, 5.74) is 16.7. The highest BCUT2D eigenvalue weighted by Gasteiger charge is 2.29. The van der Waals surface area contributed by atoms with E-state index in [4.69, 9.17) is 13.3 Å². The number of aryl methyl sites for hydroxylation is 2. The minimum atomic E-state index is 0.511. The van der Waals surface area contributed by atoms with Crippen molar-refractivity contribution in [2.75, 3.05) is 9.80 Å². The van der Waals surface area contributed by atoms with E-state index >= 15 is 0 Å². The van der Waals surface area contributed by atoms with Crippen LogP contribution in [0.2, 0.25) is 0 Å². The molecule has 366 valence electrons. The first kappa shape index (κ1) is 44.2. The van der Waals surface area contributed by atoms with Gasteiger partial charge < -0.3 is 23.1 Å². The van der Waals surface area contributed by atoms with Crippen molar-refractivity contribution in [2.24, 2.45) is 0 Å². The van der Waals surface area contributed by atoms with Gasteiger partial charge >= 0.3 is 0 Å². The highest BCUT2D eigenvalue weighted by Crippen LogP contribution is 2.52. The molecule has 0 saturated heterocycles. The molecule has 0 amide bonds. The van der Waals surface area contributed by atoms with E-state index in [1.165, 1.54) is 97.2 Å². The van der Waals surface area contributed by atoms with E-state index in [0.717, 1.165) is 111 Å². The van der Waals surface area contributed by atoms with Crippen LogP contribution in [0.15, 0.2) is 195 Å². The fourth-order valence-corrected chi connectivity index (χ4v) is 13.7. The van der Waals surface area contributed by atoms with E-state index in [1.54, 1.807) is 0 Å². The highest BCUT2D eigenvalue weighted by molar-refractivity contribution is 6.30. The predicted molar refractivity (Wildman–Crippen MR) is 314 cm³/mol. The first-order valence-corrected chi connectivity index (χ1v) is 27.5. The molecule has 5 heteroatoms. The number of rotatable bonds is 8. The number of hydrogen-bond acceptors (Lipinski definition) is 5. The summed E-state index contributed by atoms with van der Waals surface area (Å²) < 4.78 is 21.8. The summed E-state index contributed by atoms with van der Waals surface area (Å²) in [6.45, 7) is 4.35. The molecule has 2 aliphatic carbocycles. The van der Waals surface area contributed by atoms with Gasteiger partial charge in [-0.2, -0.15) is 0 Å².